The normalized spacial score (nSPS) is 16.1. The van der Waals surface area contributed by atoms with Gasteiger partial charge >= 0.3 is 6.18 Å². The van der Waals surface area contributed by atoms with Crippen molar-refractivity contribution >= 4 is 10.9 Å². The Balaban J connectivity index is 1.53. The summed E-state index contributed by atoms with van der Waals surface area (Å²) in [6.07, 6.45) is 0.657. The molecule has 162 valence electrons. The van der Waals surface area contributed by atoms with Gasteiger partial charge in [0.1, 0.15) is 11.2 Å². The van der Waals surface area contributed by atoms with Crippen LogP contribution in [0.1, 0.15) is 6.42 Å². The Labute approximate surface area is 180 Å². The number of rotatable bonds is 5. The number of halogens is 3. The van der Waals surface area contributed by atoms with Crippen molar-refractivity contribution in [3.63, 3.8) is 0 Å². The number of H-pyrrole nitrogens is 1. The fraction of sp³-hybridized carbons (Fsp3) is 0.286. The van der Waals surface area contributed by atoms with Crippen molar-refractivity contribution in [3.05, 3.63) is 48.9 Å². The van der Waals surface area contributed by atoms with Gasteiger partial charge in [-0.25, -0.2) is 0 Å². The number of hydrogen-bond donors (Lipinski definition) is 1. The van der Waals surface area contributed by atoms with Crippen molar-refractivity contribution in [3.8, 4) is 28.6 Å². The molecule has 1 aliphatic rings. The number of nitriles is 1. The zero-order chi connectivity index (χ0) is 22.3. The van der Waals surface area contributed by atoms with Crippen LogP contribution in [0.2, 0.25) is 0 Å². The fourth-order valence-corrected chi connectivity index (χ4v) is 4.19. The van der Waals surface area contributed by atoms with Crippen LogP contribution < -0.4 is 0 Å². The third-order valence-electron chi connectivity index (χ3n) is 5.57. The van der Waals surface area contributed by atoms with E-state index < -0.39 is 18.3 Å². The minimum atomic E-state index is -4.29. The molecule has 0 unspecified atom stereocenters. The molecule has 1 aliphatic heterocycles. The molecule has 0 bridgehead atoms. The van der Waals surface area contributed by atoms with Gasteiger partial charge in [-0.2, -0.15) is 38.5 Å². The molecule has 0 atom stereocenters. The zero-order valence-corrected chi connectivity index (χ0v) is 16.7. The molecule has 0 radical (unpaired) electrons. The van der Waals surface area contributed by atoms with Gasteiger partial charge in [0.25, 0.3) is 0 Å². The van der Waals surface area contributed by atoms with E-state index in [4.69, 9.17) is 0 Å². The Morgan fingerprint density at radius 2 is 2.03 bits per heavy atom. The summed E-state index contributed by atoms with van der Waals surface area (Å²) in [5.74, 6) is 0. The topological polar surface area (TPSA) is 99.3 Å². The van der Waals surface area contributed by atoms with Crippen molar-refractivity contribution in [2.24, 2.45) is 0 Å². The smallest absolute Gasteiger partial charge is 0.290 e. The lowest BCUT2D eigenvalue weighted by molar-refractivity contribution is -0.168. The van der Waals surface area contributed by atoms with Gasteiger partial charge in [-0.05, 0) is 24.3 Å². The minimum Gasteiger partial charge on any atom is -0.290 e. The Hall–Kier alpha value is -3.78. The van der Waals surface area contributed by atoms with Crippen LogP contribution >= 0.6 is 0 Å². The highest BCUT2D eigenvalue weighted by Gasteiger charge is 2.49. The predicted octanol–water partition coefficient (Wildman–Crippen LogP) is 3.37. The second-order valence-electron chi connectivity index (χ2n) is 7.90. The van der Waals surface area contributed by atoms with Gasteiger partial charge in [0, 0.05) is 42.0 Å². The van der Waals surface area contributed by atoms with Crippen LogP contribution in [0.15, 0.2) is 48.9 Å². The van der Waals surface area contributed by atoms with Crippen molar-refractivity contribution in [1.29, 1.82) is 5.26 Å². The molecule has 1 saturated heterocycles. The molecule has 0 spiro atoms. The van der Waals surface area contributed by atoms with Gasteiger partial charge in [-0.3, -0.25) is 15.0 Å². The lowest BCUT2D eigenvalue weighted by Gasteiger charge is -2.48. The molecule has 32 heavy (non-hydrogen) atoms. The largest absolute Gasteiger partial charge is 0.401 e. The summed E-state index contributed by atoms with van der Waals surface area (Å²) in [6.45, 7) is -0.897. The summed E-state index contributed by atoms with van der Waals surface area (Å²) in [5, 5.41) is 26.0. The van der Waals surface area contributed by atoms with E-state index in [1.54, 1.807) is 18.6 Å². The summed E-state index contributed by atoms with van der Waals surface area (Å²) in [6, 6.07) is 11.5. The van der Waals surface area contributed by atoms with E-state index in [2.05, 4.69) is 31.4 Å². The summed E-state index contributed by atoms with van der Waals surface area (Å²) in [5.41, 5.74) is 2.89. The second kappa shape index (κ2) is 7.42. The van der Waals surface area contributed by atoms with Crippen molar-refractivity contribution in [2.45, 2.75) is 18.1 Å². The molecular formula is C21H17F3N8. The number of nitrogens with zero attached hydrogens (tertiary/aromatic N) is 7. The average molecular weight is 438 g/mol. The van der Waals surface area contributed by atoms with E-state index >= 15 is 0 Å². The Morgan fingerprint density at radius 1 is 1.19 bits per heavy atom. The van der Waals surface area contributed by atoms with E-state index in [0.29, 0.717) is 5.69 Å². The molecule has 1 N–H and O–H groups in total. The molecule has 4 heterocycles. The highest BCUT2D eigenvalue weighted by molar-refractivity contribution is 5.96. The Bertz CT molecular complexity index is 1300. The number of nitrogens with one attached hydrogen (secondary N) is 1. The summed E-state index contributed by atoms with van der Waals surface area (Å²) in [7, 11) is 0. The minimum absolute atomic E-state index is 0.0198. The van der Waals surface area contributed by atoms with Crippen LogP contribution in [-0.2, 0) is 5.54 Å². The molecule has 0 aliphatic carbocycles. The highest BCUT2D eigenvalue weighted by Crippen LogP contribution is 2.36. The van der Waals surface area contributed by atoms with Gasteiger partial charge < -0.3 is 0 Å². The van der Waals surface area contributed by atoms with E-state index in [0.717, 1.165) is 27.7 Å². The molecule has 1 fully saturated rings. The molecule has 3 aromatic heterocycles. The van der Waals surface area contributed by atoms with Gasteiger partial charge in [0.05, 0.1) is 36.4 Å². The molecule has 0 amide bonds. The van der Waals surface area contributed by atoms with E-state index in [1.807, 2.05) is 30.3 Å². The van der Waals surface area contributed by atoms with Gasteiger partial charge in [-0.15, -0.1) is 0 Å². The number of aromatic nitrogens is 6. The molecule has 4 aromatic rings. The van der Waals surface area contributed by atoms with E-state index in [-0.39, 0.29) is 19.5 Å². The lowest BCUT2D eigenvalue weighted by Crippen LogP contribution is -2.64. The zero-order valence-electron chi connectivity index (χ0n) is 16.7. The predicted molar refractivity (Wildman–Crippen MR) is 109 cm³/mol. The SMILES string of the molecule is N#CCC1(n2ncc(-c3cc(-c4ccn[nH]4)cc4ncccc34)n2)CN(CC(F)(F)F)C1. The van der Waals surface area contributed by atoms with Crippen LogP contribution in [0.5, 0.6) is 0 Å². The average Bonchev–Trinajstić information content (AvgIpc) is 3.43. The van der Waals surface area contributed by atoms with Gasteiger partial charge in [-0.1, -0.05) is 6.07 Å². The number of benzene rings is 1. The maximum atomic E-state index is 12.7. The first-order valence-corrected chi connectivity index (χ1v) is 9.85. The molecule has 1 aromatic carbocycles. The molecule has 0 saturated carbocycles. The monoisotopic (exact) mass is 438 g/mol. The summed E-state index contributed by atoms with van der Waals surface area (Å²) < 4.78 is 38.2. The summed E-state index contributed by atoms with van der Waals surface area (Å²) in [4.78, 5) is 7.09. The first kappa shape index (κ1) is 20.1. The van der Waals surface area contributed by atoms with Crippen LogP contribution in [0, 0.1) is 11.3 Å². The Morgan fingerprint density at radius 3 is 2.75 bits per heavy atom. The number of fused-ring (bicyclic) bond motifs is 1. The summed E-state index contributed by atoms with van der Waals surface area (Å²) >= 11 is 0. The lowest BCUT2D eigenvalue weighted by atomic mass is 9.87. The van der Waals surface area contributed by atoms with Crippen molar-refractivity contribution in [2.75, 3.05) is 19.6 Å². The second-order valence-corrected chi connectivity index (χ2v) is 7.90. The van der Waals surface area contributed by atoms with Crippen LogP contribution in [-0.4, -0.2) is 60.9 Å². The van der Waals surface area contributed by atoms with Gasteiger partial charge in [0.15, 0.2) is 0 Å². The number of pyridine rings is 1. The van der Waals surface area contributed by atoms with Crippen LogP contribution in [0.4, 0.5) is 13.2 Å². The fourth-order valence-electron chi connectivity index (χ4n) is 4.19. The molecule has 5 rings (SSSR count). The number of alkyl halides is 3. The maximum absolute atomic E-state index is 12.7. The third kappa shape index (κ3) is 3.58. The van der Waals surface area contributed by atoms with Crippen LogP contribution in [0.3, 0.4) is 0 Å². The number of likely N-dealkylation sites (tertiary alicyclic amines) is 1. The van der Waals surface area contributed by atoms with Crippen LogP contribution in [0.25, 0.3) is 33.4 Å². The maximum Gasteiger partial charge on any atom is 0.401 e. The van der Waals surface area contributed by atoms with Crippen molar-refractivity contribution < 1.29 is 13.2 Å². The molecule has 8 nitrogen and oxygen atoms in total. The molecular weight excluding hydrogens is 421 g/mol. The first-order valence-electron chi connectivity index (χ1n) is 9.85. The van der Waals surface area contributed by atoms with Crippen molar-refractivity contribution in [1.82, 2.24) is 35.1 Å². The number of hydrogen-bond acceptors (Lipinski definition) is 6. The quantitative estimate of drug-likeness (QED) is 0.513. The number of aromatic amines is 1. The van der Waals surface area contributed by atoms with E-state index in [9.17, 15) is 18.4 Å². The van der Waals surface area contributed by atoms with E-state index in [1.165, 1.54) is 9.70 Å². The Kier molecular flexibility index (Phi) is 4.67. The highest BCUT2D eigenvalue weighted by atomic mass is 19.4. The first-order chi connectivity index (χ1) is 15.4. The molecule has 11 heteroatoms. The standard InChI is InChI=1S/C21H17F3N8/c22-21(23,24)13-31-11-20(12-31,4-5-25)32-28-10-19(30-32)16-8-14(17-3-7-27-29-17)9-18-15(16)2-1-6-26-18/h1-3,6-10H,4,11-13H2,(H,27,29). The van der Waals surface area contributed by atoms with Gasteiger partial charge in [0.2, 0.25) is 0 Å². The third-order valence-corrected chi connectivity index (χ3v) is 5.57.